The molecule has 9 N–H and O–H groups in total. The quantitative estimate of drug-likeness (QED) is 0.0195. The van der Waals surface area contributed by atoms with Gasteiger partial charge in [0.05, 0.1) is 29.1 Å². The third-order valence-corrected chi connectivity index (χ3v) is 15.4. The van der Waals surface area contributed by atoms with Crippen LogP contribution in [0.2, 0.25) is 5.02 Å². The van der Waals surface area contributed by atoms with Crippen molar-refractivity contribution >= 4 is 87.5 Å². The van der Waals surface area contributed by atoms with Crippen LogP contribution in [0.5, 0.6) is 23.0 Å². The highest BCUT2D eigenvalue weighted by atomic mass is 35.5. The Hall–Kier alpha value is -9.27. The van der Waals surface area contributed by atoms with Crippen LogP contribution in [0.4, 0.5) is 22.7 Å². The second-order valence-corrected chi connectivity index (χ2v) is 20.9. The van der Waals surface area contributed by atoms with Crippen LogP contribution < -0.4 is 20.7 Å². The number of nitrogens with one attached hydrogen (secondary N) is 3. The highest BCUT2D eigenvalue weighted by Gasteiger charge is 2.17. The first kappa shape index (κ1) is 59.4. The van der Waals surface area contributed by atoms with E-state index in [1.54, 1.807) is 79.2 Å². The monoisotopic (exact) mass is 1160 g/mol. The van der Waals surface area contributed by atoms with Crippen molar-refractivity contribution in [2.75, 3.05) is 23.1 Å². The van der Waals surface area contributed by atoms with E-state index in [0.29, 0.717) is 41.7 Å². The third kappa shape index (κ3) is 16.9. The van der Waals surface area contributed by atoms with Gasteiger partial charge in [0.15, 0.2) is 17.2 Å². The van der Waals surface area contributed by atoms with Crippen molar-refractivity contribution in [3.05, 3.63) is 249 Å². The first-order chi connectivity index (χ1) is 39.1. The highest BCUT2D eigenvalue weighted by Crippen LogP contribution is 2.37. The van der Waals surface area contributed by atoms with E-state index in [1.165, 1.54) is 42.1 Å². The Morgan fingerprint density at radius 1 is 0.457 bits per heavy atom. The van der Waals surface area contributed by atoms with Gasteiger partial charge in [-0.05, 0) is 132 Å². The van der Waals surface area contributed by atoms with Crippen LogP contribution in [0.1, 0.15) is 47.8 Å². The number of phenols is 3. The minimum atomic E-state index is -1.20. The number of hydrogen-bond acceptors (Lipinski definition) is 15. The third-order valence-electron chi connectivity index (χ3n) is 11.7. The molecular formula is C61H51ClN4O12S3. The van der Waals surface area contributed by atoms with Crippen molar-refractivity contribution in [2.45, 2.75) is 49.0 Å². The number of para-hydroxylation sites is 3. The number of ether oxygens (including phenoxy) is 1. The van der Waals surface area contributed by atoms with Crippen molar-refractivity contribution in [3.8, 4) is 23.0 Å². The first-order valence-corrected chi connectivity index (χ1v) is 27.2. The van der Waals surface area contributed by atoms with Crippen molar-refractivity contribution in [1.82, 2.24) is 0 Å². The number of anilines is 3. The number of carboxylic acid groups (broad SMARTS) is 3. The van der Waals surface area contributed by atoms with E-state index in [-0.39, 0.29) is 39.6 Å². The van der Waals surface area contributed by atoms with Crippen molar-refractivity contribution < 1.29 is 54.7 Å². The average Bonchev–Trinajstić information content (AvgIpc) is 3.50. The summed E-state index contributed by atoms with van der Waals surface area (Å²) in [5, 5.41) is 78.4. The molecule has 0 aromatic heterocycles. The molecule has 0 aliphatic rings. The summed E-state index contributed by atoms with van der Waals surface area (Å²) < 4.78 is 5.18. The van der Waals surface area contributed by atoms with E-state index in [2.05, 4.69) is 16.0 Å². The van der Waals surface area contributed by atoms with Gasteiger partial charge in [-0.3, -0.25) is 10.1 Å². The summed E-state index contributed by atoms with van der Waals surface area (Å²) in [6.45, 7) is 1.27. The lowest BCUT2D eigenvalue weighted by Crippen LogP contribution is -2.04. The largest absolute Gasteiger partial charge is 0.505 e. The Morgan fingerprint density at radius 2 is 0.765 bits per heavy atom. The standard InChI is InChI=1S/C21H19NO4S.C20H16ClNO3S.C20H16N2O5S/c1-26-15-9-11-16(12-10-15)27-19-8-3-2-5-14(19)13-22-18-7-4-6-17(20(18)23)21(24)25;21-14-8-10-15(11-9-14)26-18-7-2-1-4-13(18)12-22-17-6-3-5-16(19(17)23)20(24)25;23-19-16(20(24)25)5-3-6-17(19)21-12-13-4-1-2-7-18(13)28-15-10-8-14(9-11-15)22(26)27/h2-12,22-23H,13H2,1H3,(H,24,25);1-11,22-23H,12H2,(H,24,25);1-11,21,23H,12H2,(H,24,25). The molecule has 0 radical (unpaired) electrons. The number of benzene rings is 9. The van der Waals surface area contributed by atoms with Gasteiger partial charge in [0.1, 0.15) is 22.4 Å². The lowest BCUT2D eigenvalue weighted by molar-refractivity contribution is -0.384. The zero-order chi connectivity index (χ0) is 57.8. The summed E-state index contributed by atoms with van der Waals surface area (Å²) in [6, 6.07) is 58.9. The van der Waals surface area contributed by atoms with Crippen LogP contribution in [0.15, 0.2) is 230 Å². The molecule has 0 aliphatic heterocycles. The van der Waals surface area contributed by atoms with Crippen LogP contribution >= 0.6 is 46.9 Å². The van der Waals surface area contributed by atoms with Gasteiger partial charge in [-0.2, -0.15) is 0 Å². The Balaban J connectivity index is 0.000000175. The number of halogens is 1. The molecule has 0 heterocycles. The van der Waals surface area contributed by atoms with Gasteiger partial charge in [0, 0.05) is 66.2 Å². The number of aromatic carboxylic acids is 3. The van der Waals surface area contributed by atoms with Crippen LogP contribution in [0.3, 0.4) is 0 Å². The van der Waals surface area contributed by atoms with Crippen LogP contribution in [0.25, 0.3) is 0 Å². The average molecular weight is 1160 g/mol. The fourth-order valence-electron chi connectivity index (χ4n) is 7.56. The van der Waals surface area contributed by atoms with Gasteiger partial charge in [-0.1, -0.05) is 120 Å². The Kier molecular flexibility index (Phi) is 21.3. The smallest absolute Gasteiger partial charge is 0.339 e. The molecule has 0 spiro atoms. The molecule has 9 aromatic carbocycles. The molecule has 0 saturated heterocycles. The Bertz CT molecular complexity index is 3650. The van der Waals surface area contributed by atoms with Crippen molar-refractivity contribution in [2.24, 2.45) is 0 Å². The molecule has 16 nitrogen and oxygen atoms in total. The number of aromatic hydroxyl groups is 3. The number of nitro groups is 1. The summed E-state index contributed by atoms with van der Waals surface area (Å²) >= 11 is 10.6. The number of carbonyl (C=O) groups is 3. The van der Waals surface area contributed by atoms with Crippen molar-refractivity contribution in [3.63, 3.8) is 0 Å². The van der Waals surface area contributed by atoms with Gasteiger partial charge >= 0.3 is 17.9 Å². The van der Waals surface area contributed by atoms with Gasteiger partial charge < -0.3 is 51.3 Å². The number of hydrogen-bond donors (Lipinski definition) is 9. The molecule has 20 heteroatoms. The van der Waals surface area contributed by atoms with Crippen LogP contribution in [-0.4, -0.2) is 60.6 Å². The normalized spacial score (nSPS) is 10.4. The van der Waals surface area contributed by atoms with Gasteiger partial charge in [0.25, 0.3) is 5.69 Å². The molecule has 0 fully saturated rings. The predicted octanol–water partition coefficient (Wildman–Crippen LogP) is 15.1. The minimum absolute atomic E-state index is 0.0353. The number of rotatable bonds is 20. The lowest BCUT2D eigenvalue weighted by Gasteiger charge is -2.13. The molecular weight excluding hydrogens is 1110 g/mol. The summed E-state index contributed by atoms with van der Waals surface area (Å²) in [6.07, 6.45) is 0. The van der Waals surface area contributed by atoms with Gasteiger partial charge in [-0.25, -0.2) is 14.4 Å². The maximum Gasteiger partial charge on any atom is 0.339 e. The number of carboxylic acids is 3. The molecule has 81 heavy (non-hydrogen) atoms. The molecule has 0 amide bonds. The van der Waals surface area contributed by atoms with Gasteiger partial charge in [0.2, 0.25) is 0 Å². The molecule has 0 saturated carbocycles. The number of methoxy groups -OCH3 is 1. The van der Waals surface area contributed by atoms with Crippen molar-refractivity contribution in [1.29, 1.82) is 0 Å². The SMILES string of the molecule is COc1ccc(Sc2ccccc2CNc2cccc(C(=O)O)c2O)cc1.O=C(O)c1cccc(NCc2ccccc2Sc2ccc(Cl)cc2)c1O.O=C(O)c1cccc(NCc2ccccc2Sc2ccc([N+](=O)[O-])cc2)c1O. The van der Waals surface area contributed by atoms with E-state index < -0.39 is 22.8 Å². The predicted molar refractivity (Wildman–Crippen MR) is 316 cm³/mol. The van der Waals surface area contributed by atoms with E-state index in [0.717, 1.165) is 51.8 Å². The van der Waals surface area contributed by atoms with E-state index in [4.69, 9.17) is 31.7 Å². The summed E-state index contributed by atoms with van der Waals surface area (Å²) in [4.78, 5) is 49.8. The van der Waals surface area contributed by atoms with E-state index in [1.807, 2.05) is 121 Å². The second kappa shape index (κ2) is 29.1. The van der Waals surface area contributed by atoms with E-state index in [9.17, 15) is 39.8 Å². The molecule has 9 aromatic rings. The topological polar surface area (TPSA) is 261 Å². The maximum atomic E-state index is 11.2. The molecule has 0 unspecified atom stereocenters. The molecule has 0 atom stereocenters. The van der Waals surface area contributed by atoms with Crippen LogP contribution in [-0.2, 0) is 19.6 Å². The molecule has 9 rings (SSSR count). The minimum Gasteiger partial charge on any atom is -0.505 e. The second-order valence-electron chi connectivity index (χ2n) is 17.1. The van der Waals surface area contributed by atoms with E-state index >= 15 is 0 Å². The summed E-state index contributed by atoms with van der Waals surface area (Å²) in [5.74, 6) is -3.54. The summed E-state index contributed by atoms with van der Waals surface area (Å²) in [7, 11) is 1.64. The zero-order valence-electron chi connectivity index (χ0n) is 42.9. The molecule has 0 bridgehead atoms. The Labute approximate surface area is 483 Å². The first-order valence-electron chi connectivity index (χ1n) is 24.4. The fraction of sp³-hybridized carbons (Fsp3) is 0.0656. The molecule has 0 aliphatic carbocycles. The fourth-order valence-corrected chi connectivity index (χ4v) is 10.5. The number of nitro benzene ring substituents is 1. The summed E-state index contributed by atoms with van der Waals surface area (Å²) in [5.41, 5.74) is 3.73. The highest BCUT2D eigenvalue weighted by molar-refractivity contribution is 8.00. The van der Waals surface area contributed by atoms with Crippen LogP contribution in [0, 0.1) is 10.1 Å². The number of non-ortho nitro benzene ring substituents is 1. The Morgan fingerprint density at radius 3 is 1.07 bits per heavy atom. The molecule has 412 valence electrons. The maximum absolute atomic E-state index is 11.2. The van der Waals surface area contributed by atoms with Gasteiger partial charge in [-0.15, -0.1) is 0 Å². The zero-order valence-corrected chi connectivity index (χ0v) is 46.1. The lowest BCUT2D eigenvalue weighted by atomic mass is 10.1. The number of nitrogens with zero attached hydrogens (tertiary/aromatic N) is 1.